The molecule has 0 radical (unpaired) electrons. The summed E-state index contributed by atoms with van der Waals surface area (Å²) in [5, 5.41) is 11.4. The average Bonchev–Trinajstić information content (AvgIpc) is 2.16. The first-order valence-electron chi connectivity index (χ1n) is 5.66. The molecule has 94 valence electrons. The molecule has 0 aromatic carbocycles. The molecule has 1 unspecified atom stereocenters. The van der Waals surface area contributed by atoms with Gasteiger partial charge >= 0.3 is 5.97 Å². The predicted molar refractivity (Wildman–Crippen MR) is 61.9 cm³/mol. The third-order valence-corrected chi connectivity index (χ3v) is 2.46. The van der Waals surface area contributed by atoms with E-state index >= 15 is 0 Å². The Balaban J connectivity index is 4.28. The summed E-state index contributed by atoms with van der Waals surface area (Å²) in [4.78, 5) is 22.2. The minimum Gasteiger partial charge on any atom is -0.481 e. The third-order valence-electron chi connectivity index (χ3n) is 2.46. The molecule has 5 nitrogen and oxygen atoms in total. The molecule has 16 heavy (non-hydrogen) atoms. The number of carbonyl (C=O) groups is 2. The molecule has 2 atom stereocenters. The summed E-state index contributed by atoms with van der Waals surface area (Å²) >= 11 is 0. The molecule has 0 aliphatic carbocycles. The van der Waals surface area contributed by atoms with Crippen LogP contribution in [0.4, 0.5) is 0 Å². The van der Waals surface area contributed by atoms with Crippen LogP contribution < -0.4 is 11.1 Å². The average molecular weight is 230 g/mol. The second kappa shape index (κ2) is 7.22. The topological polar surface area (TPSA) is 92.4 Å². The zero-order chi connectivity index (χ0) is 12.7. The maximum absolute atomic E-state index is 11.6. The number of rotatable bonds is 7. The molecular formula is C11H22N2O3. The van der Waals surface area contributed by atoms with E-state index in [-0.39, 0.29) is 24.3 Å². The largest absolute Gasteiger partial charge is 0.481 e. The first kappa shape index (κ1) is 14.9. The number of nitrogens with one attached hydrogen (secondary N) is 1. The van der Waals surface area contributed by atoms with Gasteiger partial charge < -0.3 is 16.2 Å². The summed E-state index contributed by atoms with van der Waals surface area (Å²) in [6.45, 7) is 5.70. The standard InChI is InChI=1S/C11H22N2O3/c1-4-5-8(12)11(16)13-9(7(2)3)6-10(14)15/h7-9H,4-6,12H2,1-3H3,(H,13,16)(H,14,15)/t8-,9?/m0/s1. The maximum Gasteiger partial charge on any atom is 0.305 e. The van der Waals surface area contributed by atoms with Crippen molar-refractivity contribution in [1.82, 2.24) is 5.32 Å². The number of amides is 1. The summed E-state index contributed by atoms with van der Waals surface area (Å²) in [7, 11) is 0. The Bertz CT molecular complexity index is 241. The van der Waals surface area contributed by atoms with Gasteiger partial charge in [-0.1, -0.05) is 27.2 Å². The molecule has 0 aromatic rings. The van der Waals surface area contributed by atoms with Crippen LogP contribution in [0.2, 0.25) is 0 Å². The van der Waals surface area contributed by atoms with E-state index in [1.807, 2.05) is 20.8 Å². The Morgan fingerprint density at radius 3 is 2.31 bits per heavy atom. The monoisotopic (exact) mass is 230 g/mol. The van der Waals surface area contributed by atoms with E-state index in [4.69, 9.17) is 10.8 Å². The molecule has 0 saturated carbocycles. The van der Waals surface area contributed by atoms with Gasteiger partial charge in [0, 0.05) is 6.04 Å². The molecule has 0 fully saturated rings. The van der Waals surface area contributed by atoms with Crippen LogP contribution >= 0.6 is 0 Å². The predicted octanol–water partition coefficient (Wildman–Crippen LogP) is 0.729. The molecule has 0 aromatic heterocycles. The molecule has 0 spiro atoms. The molecular weight excluding hydrogens is 208 g/mol. The fourth-order valence-corrected chi connectivity index (χ4v) is 1.37. The Kier molecular flexibility index (Phi) is 6.72. The summed E-state index contributed by atoms with van der Waals surface area (Å²) < 4.78 is 0. The van der Waals surface area contributed by atoms with Gasteiger partial charge in [0.2, 0.25) is 5.91 Å². The lowest BCUT2D eigenvalue weighted by molar-refractivity contribution is -0.138. The van der Waals surface area contributed by atoms with Crippen LogP contribution in [0, 0.1) is 5.92 Å². The van der Waals surface area contributed by atoms with Gasteiger partial charge in [-0.25, -0.2) is 0 Å². The Hall–Kier alpha value is -1.10. The quantitative estimate of drug-likeness (QED) is 0.601. The number of carbonyl (C=O) groups excluding carboxylic acids is 1. The third kappa shape index (κ3) is 5.70. The number of nitrogens with two attached hydrogens (primary N) is 1. The van der Waals surface area contributed by atoms with Crippen LogP contribution in [-0.4, -0.2) is 29.1 Å². The zero-order valence-corrected chi connectivity index (χ0v) is 10.2. The highest BCUT2D eigenvalue weighted by Gasteiger charge is 2.21. The van der Waals surface area contributed by atoms with E-state index in [2.05, 4.69) is 5.32 Å². The highest BCUT2D eigenvalue weighted by molar-refractivity contribution is 5.82. The molecule has 0 bridgehead atoms. The van der Waals surface area contributed by atoms with Gasteiger partial charge in [0.15, 0.2) is 0 Å². The molecule has 5 heteroatoms. The first-order valence-corrected chi connectivity index (χ1v) is 5.66. The van der Waals surface area contributed by atoms with Crippen LogP contribution in [0.5, 0.6) is 0 Å². The second-order valence-electron chi connectivity index (χ2n) is 4.35. The van der Waals surface area contributed by atoms with Crippen LogP contribution in [0.15, 0.2) is 0 Å². The minimum absolute atomic E-state index is 0.0672. The summed E-state index contributed by atoms with van der Waals surface area (Å²) in [5.74, 6) is -1.10. The van der Waals surface area contributed by atoms with Gasteiger partial charge in [-0.3, -0.25) is 9.59 Å². The minimum atomic E-state index is -0.914. The Labute approximate surface area is 96.4 Å². The molecule has 4 N–H and O–H groups in total. The van der Waals surface area contributed by atoms with Crippen molar-refractivity contribution in [3.05, 3.63) is 0 Å². The number of hydrogen-bond acceptors (Lipinski definition) is 3. The first-order chi connectivity index (χ1) is 7.38. The Morgan fingerprint density at radius 2 is 1.94 bits per heavy atom. The van der Waals surface area contributed by atoms with Crippen LogP contribution in [-0.2, 0) is 9.59 Å². The second-order valence-corrected chi connectivity index (χ2v) is 4.35. The number of carboxylic acids is 1. The molecule has 0 aliphatic heterocycles. The molecule has 0 heterocycles. The van der Waals surface area contributed by atoms with Crippen molar-refractivity contribution in [1.29, 1.82) is 0 Å². The van der Waals surface area contributed by atoms with E-state index in [1.54, 1.807) is 0 Å². The smallest absolute Gasteiger partial charge is 0.305 e. The van der Waals surface area contributed by atoms with Crippen LogP contribution in [0.1, 0.15) is 40.0 Å². The molecule has 0 saturated heterocycles. The van der Waals surface area contributed by atoms with Gasteiger partial charge in [0.05, 0.1) is 12.5 Å². The van der Waals surface area contributed by atoms with E-state index in [0.717, 1.165) is 6.42 Å². The van der Waals surface area contributed by atoms with Crippen molar-refractivity contribution < 1.29 is 14.7 Å². The van der Waals surface area contributed by atoms with E-state index < -0.39 is 12.0 Å². The van der Waals surface area contributed by atoms with E-state index in [9.17, 15) is 9.59 Å². The van der Waals surface area contributed by atoms with Crippen molar-refractivity contribution in [2.45, 2.75) is 52.1 Å². The summed E-state index contributed by atoms with van der Waals surface area (Å²) in [6, 6.07) is -0.895. The van der Waals surface area contributed by atoms with Gasteiger partial charge in [-0.05, 0) is 12.3 Å². The lowest BCUT2D eigenvalue weighted by Gasteiger charge is -2.22. The van der Waals surface area contributed by atoms with Crippen molar-refractivity contribution in [2.24, 2.45) is 11.7 Å². The lowest BCUT2D eigenvalue weighted by atomic mass is 10.00. The van der Waals surface area contributed by atoms with Gasteiger partial charge in [0.25, 0.3) is 0 Å². The number of aliphatic carboxylic acids is 1. The Morgan fingerprint density at radius 1 is 1.38 bits per heavy atom. The summed E-state index contributed by atoms with van der Waals surface area (Å²) in [6.07, 6.45) is 1.38. The van der Waals surface area contributed by atoms with Gasteiger partial charge in [-0.15, -0.1) is 0 Å². The molecule has 1 amide bonds. The van der Waals surface area contributed by atoms with Gasteiger partial charge in [-0.2, -0.15) is 0 Å². The van der Waals surface area contributed by atoms with Crippen molar-refractivity contribution in [2.75, 3.05) is 0 Å². The summed E-state index contributed by atoms with van der Waals surface area (Å²) in [5.41, 5.74) is 5.65. The van der Waals surface area contributed by atoms with Crippen molar-refractivity contribution >= 4 is 11.9 Å². The molecule has 0 aliphatic rings. The number of hydrogen-bond donors (Lipinski definition) is 3. The van der Waals surface area contributed by atoms with E-state index in [0.29, 0.717) is 6.42 Å². The zero-order valence-electron chi connectivity index (χ0n) is 10.2. The van der Waals surface area contributed by atoms with Crippen molar-refractivity contribution in [3.63, 3.8) is 0 Å². The highest BCUT2D eigenvalue weighted by atomic mass is 16.4. The normalized spacial score (nSPS) is 14.6. The van der Waals surface area contributed by atoms with Gasteiger partial charge in [0.1, 0.15) is 0 Å². The molecule has 0 rings (SSSR count). The van der Waals surface area contributed by atoms with Crippen LogP contribution in [0.25, 0.3) is 0 Å². The number of carboxylic acid groups (broad SMARTS) is 1. The van der Waals surface area contributed by atoms with E-state index in [1.165, 1.54) is 0 Å². The van der Waals surface area contributed by atoms with Crippen LogP contribution in [0.3, 0.4) is 0 Å². The van der Waals surface area contributed by atoms with Crippen molar-refractivity contribution in [3.8, 4) is 0 Å². The fraction of sp³-hybridized carbons (Fsp3) is 0.818. The fourth-order valence-electron chi connectivity index (χ4n) is 1.37. The highest BCUT2D eigenvalue weighted by Crippen LogP contribution is 2.07. The maximum atomic E-state index is 11.6. The SMILES string of the molecule is CCC[C@H](N)C(=O)NC(CC(=O)O)C(C)C. The lowest BCUT2D eigenvalue weighted by Crippen LogP contribution is -2.47.